The fraction of sp³-hybridized carbons (Fsp3) is 0.333. The Hall–Kier alpha value is -1.46. The molecule has 1 aromatic rings. The van der Waals surface area contributed by atoms with Crippen molar-refractivity contribution in [2.24, 2.45) is 5.16 Å². The van der Waals surface area contributed by atoms with Crippen molar-refractivity contribution in [3.63, 3.8) is 0 Å². The maximum absolute atomic E-state index is 7.95. The van der Waals surface area contributed by atoms with Gasteiger partial charge in [0.15, 0.2) is 0 Å². The van der Waals surface area contributed by atoms with Crippen molar-refractivity contribution in [2.45, 2.75) is 6.54 Å². The van der Waals surface area contributed by atoms with Crippen molar-refractivity contribution in [3.8, 4) is 0 Å². The van der Waals surface area contributed by atoms with Crippen LogP contribution in [0.1, 0.15) is 0 Å². The van der Waals surface area contributed by atoms with Gasteiger partial charge in [-0.3, -0.25) is 0 Å². The Balaban J connectivity index is 2.48. The van der Waals surface area contributed by atoms with Gasteiger partial charge in [-0.1, -0.05) is 0 Å². The van der Waals surface area contributed by atoms with Crippen LogP contribution < -0.4 is 0 Å². The van der Waals surface area contributed by atoms with Gasteiger partial charge in [0.05, 0.1) is 12.8 Å². The lowest BCUT2D eigenvalue weighted by atomic mass is 10.7. The molecule has 0 fully saturated rings. The van der Waals surface area contributed by atoms with Gasteiger partial charge < -0.3 is 5.21 Å². The van der Waals surface area contributed by atoms with Crippen molar-refractivity contribution >= 4 is 6.21 Å². The third-order valence-corrected chi connectivity index (χ3v) is 0.742. The third-order valence-electron chi connectivity index (χ3n) is 0.742. The maximum atomic E-state index is 7.95. The summed E-state index contributed by atoms with van der Waals surface area (Å²) in [4.78, 5) is 0. The predicted molar refractivity (Wildman–Crippen MR) is 28.1 cm³/mol. The molecule has 0 radical (unpaired) electrons. The molecule has 6 nitrogen and oxygen atoms in total. The lowest BCUT2D eigenvalue weighted by Gasteiger charge is -1.85. The van der Waals surface area contributed by atoms with Crippen LogP contribution in [-0.2, 0) is 6.54 Å². The SMILES string of the molecule is ON=CCn1cnnn1. The van der Waals surface area contributed by atoms with Crippen LogP contribution in [0.2, 0.25) is 0 Å². The Morgan fingerprint density at radius 1 is 1.78 bits per heavy atom. The van der Waals surface area contributed by atoms with Gasteiger partial charge in [-0.05, 0) is 10.4 Å². The van der Waals surface area contributed by atoms with Crippen molar-refractivity contribution in [2.75, 3.05) is 0 Å². The van der Waals surface area contributed by atoms with Crippen molar-refractivity contribution in [1.29, 1.82) is 0 Å². The smallest absolute Gasteiger partial charge is 0.138 e. The first-order chi connectivity index (χ1) is 4.43. The minimum atomic E-state index is 0.392. The molecule has 0 atom stereocenters. The summed E-state index contributed by atoms with van der Waals surface area (Å²) in [6.07, 6.45) is 2.72. The second-order valence-corrected chi connectivity index (χ2v) is 1.33. The molecule has 0 amide bonds. The first-order valence-corrected chi connectivity index (χ1v) is 2.30. The van der Waals surface area contributed by atoms with E-state index in [1.807, 2.05) is 0 Å². The summed E-state index contributed by atoms with van der Waals surface area (Å²) in [6.45, 7) is 0.392. The van der Waals surface area contributed by atoms with Crippen LogP contribution in [0.25, 0.3) is 0 Å². The van der Waals surface area contributed by atoms with E-state index in [1.54, 1.807) is 0 Å². The zero-order valence-corrected chi connectivity index (χ0v) is 4.55. The van der Waals surface area contributed by atoms with E-state index in [1.165, 1.54) is 17.2 Å². The van der Waals surface area contributed by atoms with E-state index >= 15 is 0 Å². The van der Waals surface area contributed by atoms with E-state index in [4.69, 9.17) is 5.21 Å². The van der Waals surface area contributed by atoms with Gasteiger partial charge in [0, 0.05) is 0 Å². The molecule has 1 rings (SSSR count). The molecule has 0 unspecified atom stereocenters. The molecule has 0 aliphatic carbocycles. The van der Waals surface area contributed by atoms with Crippen LogP contribution in [0.15, 0.2) is 11.5 Å². The summed E-state index contributed by atoms with van der Waals surface area (Å²) in [7, 11) is 0. The van der Waals surface area contributed by atoms with Gasteiger partial charge in [-0.25, -0.2) is 4.68 Å². The van der Waals surface area contributed by atoms with Gasteiger partial charge in [0.25, 0.3) is 0 Å². The topological polar surface area (TPSA) is 76.2 Å². The molecule has 9 heavy (non-hydrogen) atoms. The lowest BCUT2D eigenvalue weighted by Crippen LogP contribution is -1.99. The Kier molecular flexibility index (Phi) is 1.73. The number of hydrogen-bond donors (Lipinski definition) is 1. The van der Waals surface area contributed by atoms with Crippen LogP contribution in [0.3, 0.4) is 0 Å². The fourth-order valence-electron chi connectivity index (χ4n) is 0.384. The van der Waals surface area contributed by atoms with Gasteiger partial charge in [-0.15, -0.1) is 10.3 Å². The van der Waals surface area contributed by atoms with Crippen LogP contribution in [0, 0.1) is 0 Å². The molecule has 0 aliphatic rings. The zero-order chi connectivity index (χ0) is 6.53. The lowest BCUT2D eigenvalue weighted by molar-refractivity contribution is 0.319. The Morgan fingerprint density at radius 3 is 3.22 bits per heavy atom. The molecule has 0 aliphatic heterocycles. The van der Waals surface area contributed by atoms with Crippen LogP contribution in [0.5, 0.6) is 0 Å². The van der Waals surface area contributed by atoms with E-state index in [0.717, 1.165) is 0 Å². The molecule has 1 heterocycles. The van der Waals surface area contributed by atoms with Crippen LogP contribution >= 0.6 is 0 Å². The minimum Gasteiger partial charge on any atom is -0.411 e. The molecule has 48 valence electrons. The summed E-state index contributed by atoms with van der Waals surface area (Å²) >= 11 is 0. The first-order valence-electron chi connectivity index (χ1n) is 2.30. The fourth-order valence-corrected chi connectivity index (χ4v) is 0.384. The molecule has 1 aromatic heterocycles. The number of rotatable bonds is 2. The van der Waals surface area contributed by atoms with Gasteiger partial charge in [0.2, 0.25) is 0 Å². The molecule has 0 saturated carbocycles. The highest BCUT2D eigenvalue weighted by atomic mass is 16.4. The Bertz CT molecular complexity index is 180. The number of oxime groups is 1. The summed E-state index contributed by atoms with van der Waals surface area (Å²) < 4.78 is 1.43. The Labute approximate surface area is 50.8 Å². The number of hydrogen-bond acceptors (Lipinski definition) is 5. The molecule has 0 aromatic carbocycles. The summed E-state index contributed by atoms with van der Waals surface area (Å²) in [5, 5.41) is 21.0. The molecule has 0 spiro atoms. The third kappa shape index (κ3) is 1.48. The van der Waals surface area contributed by atoms with E-state index in [0.29, 0.717) is 6.54 Å². The molecular formula is C3H5N5O. The summed E-state index contributed by atoms with van der Waals surface area (Å²) in [6, 6.07) is 0. The standard InChI is InChI=1S/C3H5N5O/c9-5-1-2-8-3-4-6-7-8/h1,3,9H,2H2. The largest absolute Gasteiger partial charge is 0.411 e. The predicted octanol–water partition coefficient (Wildman–Crippen LogP) is -0.867. The highest BCUT2D eigenvalue weighted by Crippen LogP contribution is 1.71. The second-order valence-electron chi connectivity index (χ2n) is 1.33. The minimum absolute atomic E-state index is 0.392. The van der Waals surface area contributed by atoms with E-state index in [9.17, 15) is 0 Å². The quantitative estimate of drug-likeness (QED) is 0.318. The highest BCUT2D eigenvalue weighted by molar-refractivity contribution is 5.55. The summed E-state index contributed by atoms with van der Waals surface area (Å²) in [5.41, 5.74) is 0. The van der Waals surface area contributed by atoms with E-state index in [-0.39, 0.29) is 0 Å². The average Bonchev–Trinajstić information content (AvgIpc) is 2.34. The molecule has 0 saturated heterocycles. The van der Waals surface area contributed by atoms with Crippen LogP contribution in [0.4, 0.5) is 0 Å². The van der Waals surface area contributed by atoms with E-state index in [2.05, 4.69) is 20.7 Å². The molecule has 6 heteroatoms. The number of nitrogens with zero attached hydrogens (tertiary/aromatic N) is 5. The van der Waals surface area contributed by atoms with Crippen LogP contribution in [-0.4, -0.2) is 31.6 Å². The zero-order valence-electron chi connectivity index (χ0n) is 4.55. The first kappa shape index (κ1) is 5.67. The van der Waals surface area contributed by atoms with Gasteiger partial charge >= 0.3 is 0 Å². The Morgan fingerprint density at radius 2 is 2.67 bits per heavy atom. The van der Waals surface area contributed by atoms with Crippen molar-refractivity contribution in [3.05, 3.63) is 6.33 Å². The van der Waals surface area contributed by atoms with E-state index < -0.39 is 0 Å². The van der Waals surface area contributed by atoms with Crippen molar-refractivity contribution in [1.82, 2.24) is 20.2 Å². The molecule has 0 bridgehead atoms. The highest BCUT2D eigenvalue weighted by Gasteiger charge is 1.85. The number of aromatic nitrogens is 4. The number of tetrazole rings is 1. The monoisotopic (exact) mass is 127 g/mol. The maximum Gasteiger partial charge on any atom is 0.138 e. The molecule has 1 N–H and O–H groups in total. The van der Waals surface area contributed by atoms with Gasteiger partial charge in [-0.2, -0.15) is 0 Å². The van der Waals surface area contributed by atoms with Gasteiger partial charge in [0.1, 0.15) is 6.33 Å². The second kappa shape index (κ2) is 2.75. The summed E-state index contributed by atoms with van der Waals surface area (Å²) in [5.74, 6) is 0. The molecular weight excluding hydrogens is 122 g/mol. The van der Waals surface area contributed by atoms with Crippen molar-refractivity contribution < 1.29 is 5.21 Å². The average molecular weight is 127 g/mol. The normalized spacial score (nSPS) is 10.7.